The molecule has 0 spiro atoms. The lowest BCUT2D eigenvalue weighted by Gasteiger charge is -2.22. The molecule has 0 bridgehead atoms. The minimum absolute atomic E-state index is 0.0253. The summed E-state index contributed by atoms with van der Waals surface area (Å²) in [6, 6.07) is 13.8. The highest BCUT2D eigenvalue weighted by Gasteiger charge is 2.18. The van der Waals surface area contributed by atoms with E-state index in [0.717, 1.165) is 29.2 Å². The van der Waals surface area contributed by atoms with Crippen LogP contribution < -0.4 is 14.8 Å². The first-order valence-corrected chi connectivity index (χ1v) is 7.28. The summed E-state index contributed by atoms with van der Waals surface area (Å²) in [5, 5.41) is 4.15. The topological polar surface area (TPSA) is 30.5 Å². The van der Waals surface area contributed by atoms with Crippen LogP contribution in [0.3, 0.4) is 0 Å². The molecule has 0 fully saturated rings. The maximum absolute atomic E-state index is 6.05. The van der Waals surface area contributed by atoms with E-state index in [9.17, 15) is 0 Å². The molecule has 21 heavy (non-hydrogen) atoms. The summed E-state index contributed by atoms with van der Waals surface area (Å²) >= 11 is 6.05. The second kappa shape index (κ2) is 7.34. The third-order valence-corrected chi connectivity index (χ3v) is 3.58. The molecular weight excluding hydrogens is 286 g/mol. The van der Waals surface area contributed by atoms with E-state index in [-0.39, 0.29) is 6.04 Å². The lowest BCUT2D eigenvalue weighted by Crippen LogP contribution is -2.22. The number of hydrogen-bond donors (Lipinski definition) is 1. The molecule has 0 aromatic heterocycles. The van der Waals surface area contributed by atoms with Gasteiger partial charge < -0.3 is 14.8 Å². The van der Waals surface area contributed by atoms with Crippen molar-refractivity contribution in [3.8, 4) is 11.5 Å². The number of nitrogens with one attached hydrogen (secondary N) is 1. The Bertz CT molecular complexity index is 601. The zero-order valence-electron chi connectivity index (χ0n) is 12.5. The summed E-state index contributed by atoms with van der Waals surface area (Å²) in [6.45, 7) is 2.92. The molecule has 3 nitrogen and oxygen atoms in total. The van der Waals surface area contributed by atoms with E-state index >= 15 is 0 Å². The molecule has 1 N–H and O–H groups in total. The van der Waals surface area contributed by atoms with Crippen LogP contribution in [-0.2, 0) is 0 Å². The number of halogens is 1. The normalized spacial score (nSPS) is 12.0. The van der Waals surface area contributed by atoms with Gasteiger partial charge in [0.2, 0.25) is 0 Å². The van der Waals surface area contributed by atoms with Gasteiger partial charge in [0.25, 0.3) is 0 Å². The van der Waals surface area contributed by atoms with Gasteiger partial charge in [-0.1, -0.05) is 36.7 Å². The Hall–Kier alpha value is -1.71. The summed E-state index contributed by atoms with van der Waals surface area (Å²) in [7, 11) is 3.33. The molecule has 0 aliphatic carbocycles. The Morgan fingerprint density at radius 2 is 1.90 bits per heavy atom. The van der Waals surface area contributed by atoms with E-state index in [1.165, 1.54) is 0 Å². The van der Waals surface area contributed by atoms with Gasteiger partial charge >= 0.3 is 0 Å². The molecule has 0 aliphatic rings. The average Bonchev–Trinajstić information content (AvgIpc) is 2.53. The average molecular weight is 306 g/mol. The Labute approximate surface area is 130 Å². The molecular formula is C17H20ClNO2. The molecule has 1 atom stereocenters. The Kier molecular flexibility index (Phi) is 5.48. The molecule has 0 saturated heterocycles. The third kappa shape index (κ3) is 3.69. The fourth-order valence-corrected chi connectivity index (χ4v) is 2.52. The lowest BCUT2D eigenvalue weighted by atomic mass is 9.97. The second-order valence-corrected chi connectivity index (χ2v) is 5.09. The van der Waals surface area contributed by atoms with Gasteiger partial charge in [-0.05, 0) is 36.4 Å². The third-order valence-electron chi connectivity index (χ3n) is 3.34. The van der Waals surface area contributed by atoms with Crippen molar-refractivity contribution in [2.45, 2.75) is 13.0 Å². The highest BCUT2D eigenvalue weighted by Crippen LogP contribution is 2.33. The van der Waals surface area contributed by atoms with Crippen LogP contribution in [-0.4, -0.2) is 20.8 Å². The van der Waals surface area contributed by atoms with Gasteiger partial charge in [0.1, 0.15) is 11.5 Å². The number of benzene rings is 2. The molecule has 2 aromatic carbocycles. The zero-order chi connectivity index (χ0) is 15.2. The van der Waals surface area contributed by atoms with Gasteiger partial charge in [0.15, 0.2) is 0 Å². The van der Waals surface area contributed by atoms with Crippen molar-refractivity contribution in [3.05, 3.63) is 58.6 Å². The Morgan fingerprint density at radius 1 is 1.10 bits per heavy atom. The molecule has 2 rings (SSSR count). The van der Waals surface area contributed by atoms with E-state index in [4.69, 9.17) is 21.1 Å². The van der Waals surface area contributed by atoms with Crippen LogP contribution in [0.25, 0.3) is 0 Å². The number of hydrogen-bond acceptors (Lipinski definition) is 3. The van der Waals surface area contributed by atoms with Gasteiger partial charge in [-0.15, -0.1) is 0 Å². The van der Waals surface area contributed by atoms with Crippen molar-refractivity contribution in [1.82, 2.24) is 5.32 Å². The molecule has 0 radical (unpaired) electrons. The fourth-order valence-electron chi connectivity index (χ4n) is 2.36. The lowest BCUT2D eigenvalue weighted by molar-refractivity contribution is 0.403. The van der Waals surface area contributed by atoms with Crippen LogP contribution in [0.1, 0.15) is 24.1 Å². The molecule has 1 unspecified atom stereocenters. The summed E-state index contributed by atoms with van der Waals surface area (Å²) < 4.78 is 10.8. The molecule has 112 valence electrons. The monoisotopic (exact) mass is 305 g/mol. The van der Waals surface area contributed by atoms with Crippen LogP contribution >= 0.6 is 11.6 Å². The van der Waals surface area contributed by atoms with Gasteiger partial charge in [0.05, 0.1) is 20.3 Å². The smallest absolute Gasteiger partial charge is 0.125 e. The van der Waals surface area contributed by atoms with Crippen LogP contribution in [0, 0.1) is 0 Å². The van der Waals surface area contributed by atoms with Gasteiger partial charge in [-0.3, -0.25) is 0 Å². The van der Waals surface area contributed by atoms with E-state index in [1.807, 2.05) is 36.4 Å². The van der Waals surface area contributed by atoms with Crippen LogP contribution in [0.15, 0.2) is 42.5 Å². The first-order chi connectivity index (χ1) is 10.2. The second-order valence-electron chi connectivity index (χ2n) is 4.65. The van der Waals surface area contributed by atoms with Crippen molar-refractivity contribution in [3.63, 3.8) is 0 Å². The molecule has 0 amide bonds. The molecule has 0 heterocycles. The minimum atomic E-state index is 0.0253. The van der Waals surface area contributed by atoms with Gasteiger partial charge in [-0.2, -0.15) is 0 Å². The first kappa shape index (κ1) is 15.7. The van der Waals surface area contributed by atoms with Crippen molar-refractivity contribution in [2.24, 2.45) is 0 Å². The van der Waals surface area contributed by atoms with E-state index in [2.05, 4.69) is 18.3 Å². The maximum Gasteiger partial charge on any atom is 0.125 e. The number of rotatable bonds is 6. The van der Waals surface area contributed by atoms with E-state index in [1.54, 1.807) is 14.2 Å². The quantitative estimate of drug-likeness (QED) is 0.873. The largest absolute Gasteiger partial charge is 0.497 e. The molecule has 0 aliphatic heterocycles. The maximum atomic E-state index is 6.05. The summed E-state index contributed by atoms with van der Waals surface area (Å²) in [6.07, 6.45) is 0. The predicted octanol–water partition coefficient (Wildman–Crippen LogP) is 4.06. The zero-order valence-corrected chi connectivity index (χ0v) is 13.3. The summed E-state index contributed by atoms with van der Waals surface area (Å²) in [4.78, 5) is 0. The molecule has 4 heteroatoms. The van der Waals surface area contributed by atoms with Crippen LogP contribution in [0.5, 0.6) is 11.5 Å². The van der Waals surface area contributed by atoms with Gasteiger partial charge in [0, 0.05) is 10.6 Å². The first-order valence-electron chi connectivity index (χ1n) is 6.90. The summed E-state index contributed by atoms with van der Waals surface area (Å²) in [5.74, 6) is 1.61. The van der Waals surface area contributed by atoms with Crippen molar-refractivity contribution < 1.29 is 9.47 Å². The van der Waals surface area contributed by atoms with Crippen LogP contribution in [0.2, 0.25) is 5.02 Å². The highest BCUT2D eigenvalue weighted by molar-refractivity contribution is 6.30. The van der Waals surface area contributed by atoms with Crippen molar-refractivity contribution in [2.75, 3.05) is 20.8 Å². The standard InChI is InChI=1S/C17H20ClNO2/c1-4-19-17(12-6-5-7-14(10-12)20-2)15-9-8-13(18)11-16(15)21-3/h5-11,17,19H,4H2,1-3H3. The summed E-state index contributed by atoms with van der Waals surface area (Å²) in [5.41, 5.74) is 2.17. The van der Waals surface area contributed by atoms with E-state index < -0.39 is 0 Å². The van der Waals surface area contributed by atoms with Crippen molar-refractivity contribution >= 4 is 11.6 Å². The Morgan fingerprint density at radius 3 is 2.57 bits per heavy atom. The molecule has 0 saturated carbocycles. The van der Waals surface area contributed by atoms with Crippen molar-refractivity contribution in [1.29, 1.82) is 0 Å². The fraction of sp³-hybridized carbons (Fsp3) is 0.294. The molecule has 2 aromatic rings. The number of ether oxygens (including phenoxy) is 2. The number of methoxy groups -OCH3 is 2. The van der Waals surface area contributed by atoms with Gasteiger partial charge in [-0.25, -0.2) is 0 Å². The predicted molar refractivity (Wildman–Crippen MR) is 86.5 cm³/mol. The van der Waals surface area contributed by atoms with Crippen LogP contribution in [0.4, 0.5) is 0 Å². The minimum Gasteiger partial charge on any atom is -0.497 e. The highest BCUT2D eigenvalue weighted by atomic mass is 35.5. The SMILES string of the molecule is CCNC(c1cccc(OC)c1)c1ccc(Cl)cc1OC. The van der Waals surface area contributed by atoms with E-state index in [0.29, 0.717) is 5.02 Å². The Balaban J connectivity index is 2.47.